The molecule has 1 N–H and O–H groups in total. The van der Waals surface area contributed by atoms with Crippen LogP contribution in [-0.2, 0) is 13.1 Å². The van der Waals surface area contributed by atoms with Crippen molar-refractivity contribution >= 4 is 11.3 Å². The molecular formula is C15H13FN2OS. The number of hydrogen-bond acceptors (Lipinski definition) is 4. The predicted octanol–water partition coefficient (Wildman–Crippen LogP) is 3.83. The average molecular weight is 288 g/mol. The van der Waals surface area contributed by atoms with E-state index in [2.05, 4.69) is 10.3 Å². The molecule has 2 heterocycles. The quantitative estimate of drug-likeness (QED) is 0.775. The maximum atomic E-state index is 12.9. The van der Waals surface area contributed by atoms with Gasteiger partial charge in [0.25, 0.3) is 0 Å². The standard InChI is InChI=1S/C15H13FN2OS/c16-12-3-1-11(2-4-12)14-6-5-13(19-14)9-17-10-15-18-7-8-20-15/h1-8,17H,9-10H2. The Bertz CT molecular complexity index is 662. The summed E-state index contributed by atoms with van der Waals surface area (Å²) in [5, 5.41) is 6.28. The molecule has 0 unspecified atom stereocenters. The van der Waals surface area contributed by atoms with Crippen molar-refractivity contribution in [2.45, 2.75) is 13.1 Å². The molecule has 0 aliphatic carbocycles. The van der Waals surface area contributed by atoms with Crippen LogP contribution < -0.4 is 5.32 Å². The Kier molecular flexibility index (Phi) is 3.90. The number of nitrogens with one attached hydrogen (secondary N) is 1. The Labute approximate surface area is 120 Å². The van der Waals surface area contributed by atoms with Crippen LogP contribution in [0, 0.1) is 5.82 Å². The summed E-state index contributed by atoms with van der Waals surface area (Å²) in [7, 11) is 0. The van der Waals surface area contributed by atoms with Gasteiger partial charge in [-0.05, 0) is 36.4 Å². The van der Waals surface area contributed by atoms with Gasteiger partial charge in [0.1, 0.15) is 22.3 Å². The molecule has 5 heteroatoms. The molecule has 102 valence electrons. The van der Waals surface area contributed by atoms with E-state index in [0.29, 0.717) is 6.54 Å². The highest BCUT2D eigenvalue weighted by atomic mass is 32.1. The summed E-state index contributed by atoms with van der Waals surface area (Å²) in [6.07, 6.45) is 1.79. The molecule has 0 aliphatic rings. The topological polar surface area (TPSA) is 38.1 Å². The lowest BCUT2D eigenvalue weighted by Crippen LogP contribution is -2.11. The van der Waals surface area contributed by atoms with Crippen LogP contribution in [0.25, 0.3) is 11.3 Å². The van der Waals surface area contributed by atoms with Crippen molar-refractivity contribution in [1.29, 1.82) is 0 Å². The molecule has 0 spiro atoms. The molecule has 2 aromatic heterocycles. The molecule has 0 fully saturated rings. The number of hydrogen-bond donors (Lipinski definition) is 1. The second-order valence-electron chi connectivity index (χ2n) is 4.30. The third-order valence-electron chi connectivity index (χ3n) is 2.85. The van der Waals surface area contributed by atoms with Gasteiger partial charge in [-0.1, -0.05) is 0 Å². The normalized spacial score (nSPS) is 10.8. The first kappa shape index (κ1) is 13.0. The molecule has 3 aromatic rings. The fourth-order valence-corrected chi connectivity index (χ4v) is 2.46. The highest BCUT2D eigenvalue weighted by Crippen LogP contribution is 2.22. The van der Waals surface area contributed by atoms with Gasteiger partial charge in [-0.15, -0.1) is 11.3 Å². The molecule has 0 atom stereocenters. The van der Waals surface area contributed by atoms with E-state index in [1.54, 1.807) is 29.7 Å². The van der Waals surface area contributed by atoms with Crippen LogP contribution in [-0.4, -0.2) is 4.98 Å². The maximum absolute atomic E-state index is 12.9. The molecule has 0 bridgehead atoms. The van der Waals surface area contributed by atoms with Crippen LogP contribution in [0.15, 0.2) is 52.4 Å². The Morgan fingerprint density at radius 3 is 2.70 bits per heavy atom. The SMILES string of the molecule is Fc1ccc(-c2ccc(CNCc3nccs3)o2)cc1. The van der Waals surface area contributed by atoms with E-state index in [9.17, 15) is 4.39 Å². The van der Waals surface area contributed by atoms with Crippen LogP contribution in [0.3, 0.4) is 0 Å². The van der Waals surface area contributed by atoms with E-state index in [0.717, 1.165) is 28.6 Å². The van der Waals surface area contributed by atoms with Crippen LogP contribution >= 0.6 is 11.3 Å². The second kappa shape index (κ2) is 5.98. The summed E-state index contributed by atoms with van der Waals surface area (Å²) < 4.78 is 18.6. The molecule has 3 nitrogen and oxygen atoms in total. The smallest absolute Gasteiger partial charge is 0.134 e. The first-order valence-electron chi connectivity index (χ1n) is 6.25. The summed E-state index contributed by atoms with van der Waals surface area (Å²) in [6, 6.07) is 10.1. The summed E-state index contributed by atoms with van der Waals surface area (Å²) in [5.74, 6) is 1.35. The molecule has 3 rings (SSSR count). The van der Waals surface area contributed by atoms with Crippen molar-refractivity contribution < 1.29 is 8.81 Å². The molecule has 0 aliphatic heterocycles. The summed E-state index contributed by atoms with van der Waals surface area (Å²) in [4.78, 5) is 4.20. The summed E-state index contributed by atoms with van der Waals surface area (Å²) >= 11 is 1.62. The fourth-order valence-electron chi connectivity index (χ4n) is 1.88. The van der Waals surface area contributed by atoms with Gasteiger partial charge in [0.2, 0.25) is 0 Å². The van der Waals surface area contributed by atoms with Gasteiger partial charge >= 0.3 is 0 Å². The summed E-state index contributed by atoms with van der Waals surface area (Å²) in [6.45, 7) is 1.37. The predicted molar refractivity (Wildman–Crippen MR) is 76.8 cm³/mol. The number of benzene rings is 1. The number of aromatic nitrogens is 1. The van der Waals surface area contributed by atoms with Crippen molar-refractivity contribution in [1.82, 2.24) is 10.3 Å². The number of rotatable bonds is 5. The average Bonchev–Trinajstić information content (AvgIpc) is 3.11. The highest BCUT2D eigenvalue weighted by Gasteiger charge is 2.05. The number of nitrogens with zero attached hydrogens (tertiary/aromatic N) is 1. The van der Waals surface area contributed by atoms with Crippen LogP contribution in [0.2, 0.25) is 0 Å². The van der Waals surface area contributed by atoms with Crippen LogP contribution in [0.1, 0.15) is 10.8 Å². The van der Waals surface area contributed by atoms with Crippen LogP contribution in [0.5, 0.6) is 0 Å². The number of furan rings is 1. The zero-order valence-corrected chi connectivity index (χ0v) is 11.5. The molecule has 0 radical (unpaired) electrons. The molecule has 0 saturated carbocycles. The minimum atomic E-state index is -0.245. The Hall–Kier alpha value is -1.98. The van der Waals surface area contributed by atoms with Crippen molar-refractivity contribution in [2.24, 2.45) is 0 Å². The minimum absolute atomic E-state index is 0.245. The minimum Gasteiger partial charge on any atom is -0.460 e. The number of halogens is 1. The van der Waals surface area contributed by atoms with Crippen molar-refractivity contribution in [3.05, 3.63) is 64.6 Å². The highest BCUT2D eigenvalue weighted by molar-refractivity contribution is 7.09. The lowest BCUT2D eigenvalue weighted by atomic mass is 10.2. The molecular weight excluding hydrogens is 275 g/mol. The molecule has 1 aromatic carbocycles. The van der Waals surface area contributed by atoms with Crippen LogP contribution in [0.4, 0.5) is 4.39 Å². The first-order chi connectivity index (χ1) is 9.81. The zero-order valence-electron chi connectivity index (χ0n) is 10.7. The second-order valence-corrected chi connectivity index (χ2v) is 5.28. The van der Waals surface area contributed by atoms with Gasteiger partial charge in [0.15, 0.2) is 0 Å². The fraction of sp³-hybridized carbons (Fsp3) is 0.133. The molecule has 0 saturated heterocycles. The lowest BCUT2D eigenvalue weighted by Gasteiger charge is -2.00. The first-order valence-corrected chi connectivity index (χ1v) is 7.13. The van der Waals surface area contributed by atoms with Crippen molar-refractivity contribution in [2.75, 3.05) is 0 Å². The van der Waals surface area contributed by atoms with Crippen molar-refractivity contribution in [3.63, 3.8) is 0 Å². The van der Waals surface area contributed by atoms with E-state index in [1.807, 2.05) is 17.5 Å². The largest absolute Gasteiger partial charge is 0.460 e. The van der Waals surface area contributed by atoms with E-state index in [4.69, 9.17) is 4.42 Å². The van der Waals surface area contributed by atoms with Gasteiger partial charge in [-0.25, -0.2) is 9.37 Å². The molecule has 20 heavy (non-hydrogen) atoms. The van der Waals surface area contributed by atoms with E-state index < -0.39 is 0 Å². The Balaban J connectivity index is 1.60. The third kappa shape index (κ3) is 3.12. The van der Waals surface area contributed by atoms with Crippen molar-refractivity contribution in [3.8, 4) is 11.3 Å². The lowest BCUT2D eigenvalue weighted by molar-refractivity contribution is 0.493. The van der Waals surface area contributed by atoms with Gasteiger partial charge in [-0.3, -0.25) is 0 Å². The third-order valence-corrected chi connectivity index (χ3v) is 3.63. The van der Waals surface area contributed by atoms with E-state index in [1.165, 1.54) is 12.1 Å². The monoisotopic (exact) mass is 288 g/mol. The Morgan fingerprint density at radius 2 is 1.95 bits per heavy atom. The van der Waals surface area contributed by atoms with Gasteiger partial charge in [0.05, 0.1) is 6.54 Å². The summed E-state index contributed by atoms with van der Waals surface area (Å²) in [5.41, 5.74) is 0.873. The zero-order chi connectivity index (χ0) is 13.8. The van der Waals surface area contributed by atoms with Gasteiger partial charge in [0, 0.05) is 23.7 Å². The number of thiazole rings is 1. The van der Waals surface area contributed by atoms with E-state index >= 15 is 0 Å². The Morgan fingerprint density at radius 1 is 1.10 bits per heavy atom. The van der Waals surface area contributed by atoms with Gasteiger partial charge < -0.3 is 9.73 Å². The van der Waals surface area contributed by atoms with Gasteiger partial charge in [-0.2, -0.15) is 0 Å². The van der Waals surface area contributed by atoms with E-state index in [-0.39, 0.29) is 5.82 Å². The molecule has 0 amide bonds. The maximum Gasteiger partial charge on any atom is 0.134 e.